The Morgan fingerprint density at radius 3 is 2.38 bits per heavy atom. The molecule has 1 aromatic carbocycles. The zero-order valence-electron chi connectivity index (χ0n) is 14.0. The molecule has 2 heteroatoms. The first-order valence-electron chi connectivity index (χ1n) is 8.72. The van der Waals surface area contributed by atoms with E-state index in [1.165, 1.54) is 48.8 Å². The van der Waals surface area contributed by atoms with E-state index in [1.807, 2.05) is 0 Å². The smallest absolute Gasteiger partial charge is 0.0725 e. The Kier molecular flexibility index (Phi) is 6.72. The first-order valence-corrected chi connectivity index (χ1v) is 8.72. The van der Waals surface area contributed by atoms with Crippen LogP contribution in [0.5, 0.6) is 0 Å². The summed E-state index contributed by atoms with van der Waals surface area (Å²) in [6, 6.07) is 7.47. The lowest BCUT2D eigenvalue weighted by atomic mass is 9.85. The van der Waals surface area contributed by atoms with Gasteiger partial charge < -0.3 is 10.1 Å². The molecule has 1 unspecified atom stereocenters. The van der Waals surface area contributed by atoms with E-state index in [0.29, 0.717) is 6.04 Å². The van der Waals surface area contributed by atoms with Gasteiger partial charge in [-0.2, -0.15) is 0 Å². The summed E-state index contributed by atoms with van der Waals surface area (Å²) in [6.07, 6.45) is 6.34. The molecule has 0 fully saturated rings. The molecule has 0 bridgehead atoms. The van der Waals surface area contributed by atoms with Crippen LogP contribution in [0, 0.1) is 5.92 Å². The number of ether oxygens (including phenoxy) is 1. The van der Waals surface area contributed by atoms with Crippen molar-refractivity contribution < 1.29 is 4.74 Å². The van der Waals surface area contributed by atoms with E-state index in [1.54, 1.807) is 0 Å². The summed E-state index contributed by atoms with van der Waals surface area (Å²) in [5.41, 5.74) is 4.22. The van der Waals surface area contributed by atoms with Crippen LogP contribution in [0.25, 0.3) is 0 Å². The fourth-order valence-electron chi connectivity index (χ4n) is 3.46. The van der Waals surface area contributed by atoms with Crippen molar-refractivity contribution in [3.8, 4) is 0 Å². The summed E-state index contributed by atoms with van der Waals surface area (Å²) < 4.78 is 5.57. The SMILES string of the molecule is CCCNC(c1ccc2c(c1)COC2)C(CCC)CCC. The Morgan fingerprint density at radius 2 is 1.71 bits per heavy atom. The molecule has 118 valence electrons. The van der Waals surface area contributed by atoms with Gasteiger partial charge in [-0.3, -0.25) is 0 Å². The van der Waals surface area contributed by atoms with Crippen LogP contribution in [0.2, 0.25) is 0 Å². The van der Waals surface area contributed by atoms with Crippen LogP contribution in [0.4, 0.5) is 0 Å². The van der Waals surface area contributed by atoms with Crippen LogP contribution in [0.3, 0.4) is 0 Å². The van der Waals surface area contributed by atoms with Crippen LogP contribution in [0.1, 0.15) is 75.6 Å². The molecule has 1 aliphatic heterocycles. The third-order valence-electron chi connectivity index (χ3n) is 4.51. The summed E-state index contributed by atoms with van der Waals surface area (Å²) in [5.74, 6) is 0.743. The van der Waals surface area contributed by atoms with Crippen molar-refractivity contribution in [2.24, 2.45) is 5.92 Å². The van der Waals surface area contributed by atoms with Crippen molar-refractivity contribution in [3.63, 3.8) is 0 Å². The lowest BCUT2D eigenvalue weighted by Gasteiger charge is -2.29. The molecule has 0 saturated carbocycles. The number of benzene rings is 1. The molecule has 0 radical (unpaired) electrons. The number of fused-ring (bicyclic) bond motifs is 1. The van der Waals surface area contributed by atoms with Crippen molar-refractivity contribution in [3.05, 3.63) is 34.9 Å². The van der Waals surface area contributed by atoms with Gasteiger partial charge in [0.25, 0.3) is 0 Å². The van der Waals surface area contributed by atoms with E-state index in [9.17, 15) is 0 Å². The second-order valence-electron chi connectivity index (χ2n) is 6.29. The maximum Gasteiger partial charge on any atom is 0.0725 e. The van der Waals surface area contributed by atoms with Crippen LogP contribution < -0.4 is 5.32 Å². The average Bonchev–Trinajstić information content (AvgIpc) is 2.95. The number of rotatable bonds is 9. The molecule has 21 heavy (non-hydrogen) atoms. The van der Waals surface area contributed by atoms with Gasteiger partial charge in [-0.25, -0.2) is 0 Å². The van der Waals surface area contributed by atoms with E-state index >= 15 is 0 Å². The summed E-state index contributed by atoms with van der Waals surface area (Å²) in [5, 5.41) is 3.81. The Hall–Kier alpha value is -0.860. The molecule has 1 aliphatic rings. The molecule has 0 spiro atoms. The average molecular weight is 289 g/mol. The molecule has 2 nitrogen and oxygen atoms in total. The van der Waals surface area contributed by atoms with Gasteiger partial charge in [-0.05, 0) is 48.4 Å². The minimum atomic E-state index is 0.496. The van der Waals surface area contributed by atoms with Gasteiger partial charge in [-0.1, -0.05) is 51.8 Å². The molecule has 1 N–H and O–H groups in total. The third kappa shape index (κ3) is 4.31. The number of hydrogen-bond acceptors (Lipinski definition) is 2. The van der Waals surface area contributed by atoms with Gasteiger partial charge in [0.1, 0.15) is 0 Å². The quantitative estimate of drug-likeness (QED) is 0.692. The molecule has 0 aromatic heterocycles. The largest absolute Gasteiger partial charge is 0.372 e. The lowest BCUT2D eigenvalue weighted by Crippen LogP contribution is -2.29. The predicted octanol–water partition coefficient (Wildman–Crippen LogP) is 4.97. The standard InChI is InChI=1S/C19H31NO/c1-4-7-15(8-5-2)19(20-11-6-3)16-9-10-17-13-21-14-18(17)12-16/h9-10,12,15,19-20H,4-8,11,13-14H2,1-3H3. The van der Waals surface area contributed by atoms with Gasteiger partial charge >= 0.3 is 0 Å². The highest BCUT2D eigenvalue weighted by Gasteiger charge is 2.23. The molecule has 0 aliphatic carbocycles. The monoisotopic (exact) mass is 289 g/mol. The lowest BCUT2D eigenvalue weighted by molar-refractivity contribution is 0.134. The van der Waals surface area contributed by atoms with E-state index in [-0.39, 0.29) is 0 Å². The van der Waals surface area contributed by atoms with Gasteiger partial charge in [-0.15, -0.1) is 0 Å². The first-order chi connectivity index (χ1) is 10.3. The minimum absolute atomic E-state index is 0.496. The third-order valence-corrected chi connectivity index (χ3v) is 4.51. The van der Waals surface area contributed by atoms with E-state index in [4.69, 9.17) is 4.74 Å². The van der Waals surface area contributed by atoms with Crippen molar-refractivity contribution in [2.45, 2.75) is 72.1 Å². The molecule has 0 saturated heterocycles. The van der Waals surface area contributed by atoms with Gasteiger partial charge in [0.2, 0.25) is 0 Å². The van der Waals surface area contributed by atoms with Crippen LogP contribution in [-0.4, -0.2) is 6.54 Å². The Morgan fingerprint density at radius 1 is 1.00 bits per heavy atom. The fraction of sp³-hybridized carbons (Fsp3) is 0.684. The van der Waals surface area contributed by atoms with Gasteiger partial charge in [0.15, 0.2) is 0 Å². The van der Waals surface area contributed by atoms with Gasteiger partial charge in [0.05, 0.1) is 13.2 Å². The van der Waals surface area contributed by atoms with Crippen LogP contribution in [0.15, 0.2) is 18.2 Å². The summed E-state index contributed by atoms with van der Waals surface area (Å²) in [7, 11) is 0. The highest BCUT2D eigenvalue weighted by atomic mass is 16.5. The highest BCUT2D eigenvalue weighted by molar-refractivity contribution is 5.35. The van der Waals surface area contributed by atoms with E-state index in [2.05, 4.69) is 44.3 Å². The van der Waals surface area contributed by atoms with Crippen molar-refractivity contribution >= 4 is 0 Å². The second-order valence-corrected chi connectivity index (χ2v) is 6.29. The van der Waals surface area contributed by atoms with E-state index < -0.39 is 0 Å². The van der Waals surface area contributed by atoms with Gasteiger partial charge in [0, 0.05) is 6.04 Å². The van der Waals surface area contributed by atoms with Crippen molar-refractivity contribution in [2.75, 3.05) is 6.54 Å². The number of hydrogen-bond donors (Lipinski definition) is 1. The summed E-state index contributed by atoms with van der Waals surface area (Å²) in [4.78, 5) is 0. The molecular weight excluding hydrogens is 258 g/mol. The zero-order chi connectivity index (χ0) is 15.1. The molecule has 1 atom stereocenters. The van der Waals surface area contributed by atoms with Crippen molar-refractivity contribution in [1.29, 1.82) is 0 Å². The summed E-state index contributed by atoms with van der Waals surface area (Å²) in [6.45, 7) is 9.52. The Bertz CT molecular complexity index is 424. The molecular formula is C19H31NO. The minimum Gasteiger partial charge on any atom is -0.372 e. The highest BCUT2D eigenvalue weighted by Crippen LogP contribution is 2.32. The molecule has 1 aromatic rings. The Balaban J connectivity index is 2.20. The normalized spacial score (nSPS) is 15.4. The topological polar surface area (TPSA) is 21.3 Å². The fourth-order valence-corrected chi connectivity index (χ4v) is 3.46. The number of nitrogens with one attached hydrogen (secondary N) is 1. The maximum absolute atomic E-state index is 5.57. The maximum atomic E-state index is 5.57. The molecule has 0 amide bonds. The van der Waals surface area contributed by atoms with Crippen molar-refractivity contribution in [1.82, 2.24) is 5.32 Å². The van der Waals surface area contributed by atoms with Crippen LogP contribution in [-0.2, 0) is 18.0 Å². The zero-order valence-corrected chi connectivity index (χ0v) is 14.0. The predicted molar refractivity (Wildman–Crippen MR) is 89.3 cm³/mol. The Labute approximate surface area is 130 Å². The molecule has 2 rings (SSSR count). The molecule has 1 heterocycles. The summed E-state index contributed by atoms with van der Waals surface area (Å²) >= 11 is 0. The second kappa shape index (κ2) is 8.55. The van der Waals surface area contributed by atoms with Crippen LogP contribution >= 0.6 is 0 Å². The first kappa shape index (κ1) is 16.5. The van der Waals surface area contributed by atoms with E-state index in [0.717, 1.165) is 25.7 Å².